The Morgan fingerprint density at radius 1 is 1.50 bits per heavy atom. The van der Waals surface area contributed by atoms with E-state index >= 15 is 0 Å². The van der Waals surface area contributed by atoms with E-state index in [0.717, 1.165) is 6.42 Å². The summed E-state index contributed by atoms with van der Waals surface area (Å²) in [6, 6.07) is 0. The molecule has 1 aliphatic carbocycles. The second kappa shape index (κ2) is 5.73. The smallest absolute Gasteiger partial charge is 0.308 e. The maximum absolute atomic E-state index is 11.3. The van der Waals surface area contributed by atoms with Gasteiger partial charge in [-0.05, 0) is 12.3 Å². The molecular weight excluding hydrogens is 199 g/mol. The van der Waals surface area contributed by atoms with Crippen LogP contribution >= 0.6 is 0 Å². The molecule has 0 radical (unpaired) electrons. The van der Waals surface area contributed by atoms with Crippen LogP contribution in [-0.4, -0.2) is 20.9 Å². The molecule has 2 unspecified atom stereocenters. The first kappa shape index (κ1) is 12.8. The zero-order valence-corrected chi connectivity index (χ0v) is 10.5. The van der Waals surface area contributed by atoms with E-state index in [1.54, 1.807) is 0 Å². The minimum atomic E-state index is -0.143. The molecule has 3 heteroatoms. The molecule has 2 atom stereocenters. The summed E-state index contributed by atoms with van der Waals surface area (Å²) >= 11 is 0. The molecular formula is C13H19BO2. The fourth-order valence-corrected chi connectivity index (χ4v) is 1.92. The minimum Gasteiger partial charge on any atom is -0.469 e. The van der Waals surface area contributed by atoms with Crippen molar-refractivity contribution < 1.29 is 9.53 Å². The first-order valence-corrected chi connectivity index (χ1v) is 5.68. The van der Waals surface area contributed by atoms with E-state index in [9.17, 15) is 4.79 Å². The van der Waals surface area contributed by atoms with Crippen LogP contribution in [-0.2, 0) is 9.53 Å². The van der Waals surface area contributed by atoms with Crippen LogP contribution in [0.3, 0.4) is 0 Å². The molecule has 0 fully saturated rings. The highest BCUT2D eigenvalue weighted by Crippen LogP contribution is 2.20. The van der Waals surface area contributed by atoms with Crippen LogP contribution < -0.4 is 0 Å². The molecule has 0 saturated heterocycles. The summed E-state index contributed by atoms with van der Waals surface area (Å²) in [5.41, 5.74) is 2.47. The first-order chi connectivity index (χ1) is 7.52. The predicted molar refractivity (Wildman–Crippen MR) is 68.8 cm³/mol. The number of ether oxygens (including phenoxy) is 1. The van der Waals surface area contributed by atoms with Gasteiger partial charge in [0.25, 0.3) is 0 Å². The Kier molecular flexibility index (Phi) is 4.60. The molecule has 86 valence electrons. The molecule has 0 spiro atoms. The van der Waals surface area contributed by atoms with Gasteiger partial charge in [0.1, 0.15) is 7.85 Å². The van der Waals surface area contributed by atoms with Crippen LogP contribution in [0.25, 0.3) is 0 Å². The Hall–Kier alpha value is -1.25. The zero-order valence-electron chi connectivity index (χ0n) is 10.5. The average Bonchev–Trinajstić information content (AvgIpc) is 2.38. The van der Waals surface area contributed by atoms with Crippen molar-refractivity contribution in [3.05, 3.63) is 35.3 Å². The second-order valence-corrected chi connectivity index (χ2v) is 4.47. The van der Waals surface area contributed by atoms with E-state index in [0.29, 0.717) is 5.92 Å². The van der Waals surface area contributed by atoms with Crippen LogP contribution in [0.2, 0.25) is 0 Å². The summed E-state index contributed by atoms with van der Waals surface area (Å²) in [6.07, 6.45) is 9.35. The van der Waals surface area contributed by atoms with Crippen molar-refractivity contribution >= 4 is 13.8 Å². The molecule has 0 N–H and O–H groups in total. The Morgan fingerprint density at radius 2 is 2.19 bits per heavy atom. The van der Waals surface area contributed by atoms with Gasteiger partial charge in [0.2, 0.25) is 0 Å². The number of methoxy groups -OCH3 is 1. The summed E-state index contributed by atoms with van der Waals surface area (Å²) in [5, 5.41) is 0. The summed E-state index contributed by atoms with van der Waals surface area (Å²) in [5.74, 6) is 0.206. The van der Waals surface area contributed by atoms with Gasteiger partial charge in [-0.25, -0.2) is 0 Å². The van der Waals surface area contributed by atoms with Crippen molar-refractivity contribution in [2.24, 2.45) is 11.8 Å². The predicted octanol–water partition coefficient (Wildman–Crippen LogP) is 1.83. The fraction of sp³-hybridized carbons (Fsp3) is 0.462. The summed E-state index contributed by atoms with van der Waals surface area (Å²) in [4.78, 5) is 11.3. The zero-order chi connectivity index (χ0) is 12.1. The third-order valence-corrected chi connectivity index (χ3v) is 2.71. The van der Waals surface area contributed by atoms with E-state index in [4.69, 9.17) is 4.74 Å². The van der Waals surface area contributed by atoms with Crippen LogP contribution in [0.15, 0.2) is 35.3 Å². The largest absolute Gasteiger partial charge is 0.469 e. The Balaban J connectivity index is 2.69. The molecule has 0 bridgehead atoms. The molecule has 0 saturated carbocycles. The average molecular weight is 218 g/mol. The second-order valence-electron chi connectivity index (χ2n) is 4.47. The fourth-order valence-electron chi connectivity index (χ4n) is 1.92. The van der Waals surface area contributed by atoms with Crippen LogP contribution in [0.4, 0.5) is 0 Å². The highest BCUT2D eigenvalue weighted by atomic mass is 16.5. The monoisotopic (exact) mass is 218 g/mol. The molecule has 0 heterocycles. The highest BCUT2D eigenvalue weighted by molar-refractivity contribution is 6.23. The molecule has 0 aromatic heterocycles. The topological polar surface area (TPSA) is 26.3 Å². The summed E-state index contributed by atoms with van der Waals surface area (Å²) in [6.45, 7) is 4.05. The lowest BCUT2D eigenvalue weighted by Crippen LogP contribution is -2.13. The van der Waals surface area contributed by atoms with Crippen molar-refractivity contribution in [2.45, 2.75) is 20.3 Å². The van der Waals surface area contributed by atoms with Gasteiger partial charge in [0.05, 0.1) is 13.0 Å². The number of hydrogen-bond donors (Lipinski definition) is 0. The maximum Gasteiger partial charge on any atom is 0.308 e. The SMILES string of the molecule is BC1=CC(C)C=C(CC(C)C(=O)OC)C=C1. The maximum atomic E-state index is 11.3. The van der Waals surface area contributed by atoms with Gasteiger partial charge in [-0.3, -0.25) is 4.79 Å². The van der Waals surface area contributed by atoms with Gasteiger partial charge < -0.3 is 4.74 Å². The Morgan fingerprint density at radius 3 is 2.81 bits per heavy atom. The quantitative estimate of drug-likeness (QED) is 0.533. The van der Waals surface area contributed by atoms with Gasteiger partial charge in [0.15, 0.2) is 0 Å². The molecule has 0 aromatic carbocycles. The van der Waals surface area contributed by atoms with Crippen molar-refractivity contribution in [3.63, 3.8) is 0 Å². The van der Waals surface area contributed by atoms with Crippen LogP contribution in [0.5, 0.6) is 0 Å². The number of rotatable bonds is 3. The number of allylic oxidation sites excluding steroid dienone is 6. The van der Waals surface area contributed by atoms with E-state index in [-0.39, 0.29) is 11.9 Å². The molecule has 0 aromatic rings. The van der Waals surface area contributed by atoms with E-state index < -0.39 is 0 Å². The molecule has 0 aliphatic heterocycles. The van der Waals surface area contributed by atoms with Crippen LogP contribution in [0.1, 0.15) is 20.3 Å². The minimum absolute atomic E-state index is 0.0773. The van der Waals surface area contributed by atoms with Gasteiger partial charge in [-0.2, -0.15) is 0 Å². The van der Waals surface area contributed by atoms with Crippen molar-refractivity contribution in [2.75, 3.05) is 7.11 Å². The normalized spacial score (nSPS) is 21.8. The van der Waals surface area contributed by atoms with Crippen molar-refractivity contribution in [1.82, 2.24) is 0 Å². The van der Waals surface area contributed by atoms with Gasteiger partial charge in [-0.15, -0.1) is 0 Å². The van der Waals surface area contributed by atoms with Crippen molar-refractivity contribution in [3.8, 4) is 0 Å². The Bertz CT molecular complexity index is 353. The number of esters is 1. The van der Waals surface area contributed by atoms with Crippen molar-refractivity contribution in [1.29, 1.82) is 0 Å². The first-order valence-electron chi connectivity index (χ1n) is 5.68. The van der Waals surface area contributed by atoms with E-state index in [1.165, 1.54) is 18.2 Å². The van der Waals surface area contributed by atoms with Gasteiger partial charge in [0, 0.05) is 0 Å². The third kappa shape index (κ3) is 3.72. The van der Waals surface area contributed by atoms with Gasteiger partial charge >= 0.3 is 5.97 Å². The number of carbonyl (C=O) groups is 1. The number of carbonyl (C=O) groups excluding carboxylic acids is 1. The molecule has 2 nitrogen and oxygen atoms in total. The summed E-state index contributed by atoms with van der Waals surface area (Å²) in [7, 11) is 3.53. The lowest BCUT2D eigenvalue weighted by atomic mass is 9.93. The number of hydrogen-bond acceptors (Lipinski definition) is 2. The lowest BCUT2D eigenvalue weighted by Gasteiger charge is -2.10. The standard InChI is InChI=1S/C13H19BO2/c1-9-6-11(4-5-12(14)7-9)8-10(2)13(15)16-3/h4-7,9-10H,8,14H2,1-3H3. The third-order valence-electron chi connectivity index (χ3n) is 2.71. The van der Waals surface area contributed by atoms with E-state index in [1.807, 2.05) is 6.92 Å². The summed E-state index contributed by atoms with van der Waals surface area (Å²) < 4.78 is 4.73. The van der Waals surface area contributed by atoms with Crippen LogP contribution in [0, 0.1) is 11.8 Å². The molecule has 0 amide bonds. The lowest BCUT2D eigenvalue weighted by molar-refractivity contribution is -0.144. The Labute approximate surface area is 98.5 Å². The molecule has 1 aliphatic rings. The molecule has 16 heavy (non-hydrogen) atoms. The van der Waals surface area contributed by atoms with Gasteiger partial charge in [-0.1, -0.05) is 49.2 Å². The highest BCUT2D eigenvalue weighted by Gasteiger charge is 2.14. The molecule has 1 rings (SSSR count). The van der Waals surface area contributed by atoms with E-state index in [2.05, 4.69) is 39.1 Å².